The molecule has 0 aliphatic carbocycles. The molecule has 20 heavy (non-hydrogen) atoms. The first-order valence-electron chi connectivity index (χ1n) is 6.69. The van der Waals surface area contributed by atoms with Crippen LogP contribution in [0.2, 0.25) is 0 Å². The summed E-state index contributed by atoms with van der Waals surface area (Å²) >= 11 is 0. The van der Waals surface area contributed by atoms with Gasteiger partial charge in [-0.1, -0.05) is 24.3 Å². The number of hydrogen-bond acceptors (Lipinski definition) is 3. The van der Waals surface area contributed by atoms with Crippen molar-refractivity contribution in [3.05, 3.63) is 41.5 Å². The Morgan fingerprint density at radius 3 is 2.75 bits per heavy atom. The Kier molecular flexibility index (Phi) is 4.45. The summed E-state index contributed by atoms with van der Waals surface area (Å²) in [7, 11) is 0. The van der Waals surface area contributed by atoms with E-state index in [1.54, 1.807) is 0 Å². The third kappa shape index (κ3) is 3.02. The molecular weight excluding hydrogens is 254 g/mol. The molecule has 0 fully saturated rings. The van der Waals surface area contributed by atoms with Gasteiger partial charge in [0.15, 0.2) is 0 Å². The zero-order chi connectivity index (χ0) is 14.5. The van der Waals surface area contributed by atoms with Crippen LogP contribution in [0.15, 0.2) is 30.3 Å². The molecule has 0 radical (unpaired) electrons. The lowest BCUT2D eigenvalue weighted by molar-refractivity contribution is 0.157. The lowest BCUT2D eigenvalue weighted by atomic mass is 9.97. The van der Waals surface area contributed by atoms with Gasteiger partial charge in [-0.25, -0.2) is 4.79 Å². The summed E-state index contributed by atoms with van der Waals surface area (Å²) in [6.07, 6.45) is -0.156. The Bertz CT molecular complexity index is 622. The van der Waals surface area contributed by atoms with E-state index in [-0.39, 0.29) is 6.61 Å². The minimum absolute atomic E-state index is 0.259. The largest absolute Gasteiger partial charge is 0.494 e. The number of carbonyl (C=O) groups excluding carboxylic acids is 1. The van der Waals surface area contributed by atoms with Crippen molar-refractivity contribution in [2.45, 2.75) is 20.3 Å². The standard InChI is InChI=1S/C16H19NO3/c1-3-19-15-10-12-6-4-5-7-13(12)11(2)14(15)8-9-20-16(17)18/h4-7,10H,3,8-9H2,1-2H3,(H2,17,18). The molecule has 2 aromatic carbocycles. The number of ether oxygens (including phenoxy) is 2. The van der Waals surface area contributed by atoms with Crippen LogP contribution in [0, 0.1) is 6.92 Å². The summed E-state index contributed by atoms with van der Waals surface area (Å²) in [4.78, 5) is 10.7. The second-order valence-corrected chi connectivity index (χ2v) is 4.55. The lowest BCUT2D eigenvalue weighted by Gasteiger charge is -2.15. The maximum absolute atomic E-state index is 10.7. The maximum atomic E-state index is 10.7. The van der Waals surface area contributed by atoms with Gasteiger partial charge in [0.1, 0.15) is 5.75 Å². The van der Waals surface area contributed by atoms with Crippen molar-refractivity contribution in [1.82, 2.24) is 0 Å². The summed E-state index contributed by atoms with van der Waals surface area (Å²) in [5, 5.41) is 2.33. The van der Waals surface area contributed by atoms with Gasteiger partial charge in [0, 0.05) is 12.0 Å². The van der Waals surface area contributed by atoms with Crippen LogP contribution in [-0.2, 0) is 11.2 Å². The average Bonchev–Trinajstić information content (AvgIpc) is 2.42. The van der Waals surface area contributed by atoms with E-state index in [1.807, 2.05) is 25.1 Å². The van der Waals surface area contributed by atoms with Crippen LogP contribution in [-0.4, -0.2) is 19.3 Å². The highest BCUT2D eigenvalue weighted by Gasteiger charge is 2.11. The van der Waals surface area contributed by atoms with Gasteiger partial charge >= 0.3 is 6.09 Å². The number of rotatable bonds is 5. The molecule has 0 saturated heterocycles. The van der Waals surface area contributed by atoms with E-state index >= 15 is 0 Å². The number of carbonyl (C=O) groups is 1. The molecule has 0 aliphatic heterocycles. The molecule has 0 bridgehead atoms. The normalized spacial score (nSPS) is 10.5. The van der Waals surface area contributed by atoms with Crippen LogP contribution in [0.4, 0.5) is 4.79 Å². The summed E-state index contributed by atoms with van der Waals surface area (Å²) in [5.74, 6) is 0.844. The van der Waals surface area contributed by atoms with Crippen LogP contribution >= 0.6 is 0 Å². The minimum Gasteiger partial charge on any atom is -0.494 e. The highest BCUT2D eigenvalue weighted by molar-refractivity contribution is 5.88. The Morgan fingerprint density at radius 1 is 1.30 bits per heavy atom. The Labute approximate surface area is 118 Å². The van der Waals surface area contributed by atoms with Gasteiger partial charge in [0.2, 0.25) is 0 Å². The number of fused-ring (bicyclic) bond motifs is 1. The van der Waals surface area contributed by atoms with Crippen LogP contribution < -0.4 is 10.5 Å². The highest BCUT2D eigenvalue weighted by Crippen LogP contribution is 2.31. The van der Waals surface area contributed by atoms with Crippen LogP contribution in [0.3, 0.4) is 0 Å². The lowest BCUT2D eigenvalue weighted by Crippen LogP contribution is -2.15. The molecule has 1 amide bonds. The number of benzene rings is 2. The first-order valence-corrected chi connectivity index (χ1v) is 6.69. The molecular formula is C16H19NO3. The molecule has 4 nitrogen and oxygen atoms in total. The van der Waals surface area contributed by atoms with E-state index < -0.39 is 6.09 Å². The number of nitrogens with two attached hydrogens (primary N) is 1. The van der Waals surface area contributed by atoms with Crippen molar-refractivity contribution in [2.24, 2.45) is 5.73 Å². The predicted octanol–water partition coefficient (Wildman–Crippen LogP) is 3.18. The molecule has 0 spiro atoms. The molecule has 2 aromatic rings. The predicted molar refractivity (Wildman–Crippen MR) is 79.1 cm³/mol. The Morgan fingerprint density at radius 2 is 2.05 bits per heavy atom. The molecule has 0 unspecified atom stereocenters. The van der Waals surface area contributed by atoms with Crippen molar-refractivity contribution >= 4 is 16.9 Å². The molecule has 0 saturated carbocycles. The van der Waals surface area contributed by atoms with Crippen LogP contribution in [0.25, 0.3) is 10.8 Å². The van der Waals surface area contributed by atoms with Crippen molar-refractivity contribution in [2.75, 3.05) is 13.2 Å². The quantitative estimate of drug-likeness (QED) is 0.910. The summed E-state index contributed by atoms with van der Waals surface area (Å²) in [6.45, 7) is 4.87. The Hall–Kier alpha value is -2.23. The highest BCUT2D eigenvalue weighted by atomic mass is 16.5. The average molecular weight is 273 g/mol. The number of primary amides is 1. The number of aryl methyl sites for hydroxylation is 1. The molecule has 2 rings (SSSR count). The fraction of sp³-hybridized carbons (Fsp3) is 0.312. The van der Waals surface area contributed by atoms with E-state index in [2.05, 4.69) is 19.1 Å². The van der Waals surface area contributed by atoms with E-state index in [1.165, 1.54) is 5.39 Å². The zero-order valence-corrected chi connectivity index (χ0v) is 11.8. The minimum atomic E-state index is -0.749. The summed E-state index contributed by atoms with van der Waals surface area (Å²) in [6, 6.07) is 10.2. The molecule has 0 heterocycles. The monoisotopic (exact) mass is 273 g/mol. The maximum Gasteiger partial charge on any atom is 0.404 e. The third-order valence-electron chi connectivity index (χ3n) is 3.30. The van der Waals surface area contributed by atoms with Crippen LogP contribution in [0.1, 0.15) is 18.1 Å². The van der Waals surface area contributed by atoms with Crippen LogP contribution in [0.5, 0.6) is 5.75 Å². The molecule has 4 heteroatoms. The zero-order valence-electron chi connectivity index (χ0n) is 11.8. The molecule has 0 atom stereocenters. The van der Waals surface area contributed by atoms with Gasteiger partial charge in [-0.2, -0.15) is 0 Å². The van der Waals surface area contributed by atoms with Crippen molar-refractivity contribution in [3.63, 3.8) is 0 Å². The topological polar surface area (TPSA) is 61.6 Å². The molecule has 0 aromatic heterocycles. The third-order valence-corrected chi connectivity index (χ3v) is 3.30. The molecule has 0 aliphatic rings. The first-order chi connectivity index (χ1) is 9.63. The van der Waals surface area contributed by atoms with Gasteiger partial charge in [-0.3, -0.25) is 0 Å². The van der Waals surface area contributed by atoms with E-state index in [0.29, 0.717) is 13.0 Å². The fourth-order valence-electron chi connectivity index (χ4n) is 2.39. The van der Waals surface area contributed by atoms with E-state index in [0.717, 1.165) is 22.3 Å². The second kappa shape index (κ2) is 6.28. The second-order valence-electron chi connectivity index (χ2n) is 4.55. The number of hydrogen-bond donors (Lipinski definition) is 1. The first kappa shape index (κ1) is 14.2. The van der Waals surface area contributed by atoms with E-state index in [4.69, 9.17) is 15.2 Å². The van der Waals surface area contributed by atoms with Gasteiger partial charge in [0.05, 0.1) is 13.2 Å². The SMILES string of the molecule is CCOc1cc2ccccc2c(C)c1CCOC(N)=O. The van der Waals surface area contributed by atoms with Gasteiger partial charge in [-0.05, 0) is 36.2 Å². The summed E-state index contributed by atoms with van der Waals surface area (Å²) in [5.41, 5.74) is 7.20. The van der Waals surface area contributed by atoms with E-state index in [9.17, 15) is 4.79 Å². The number of amides is 1. The van der Waals surface area contributed by atoms with Crippen molar-refractivity contribution < 1.29 is 14.3 Å². The van der Waals surface area contributed by atoms with Gasteiger partial charge < -0.3 is 15.2 Å². The summed E-state index contributed by atoms with van der Waals surface area (Å²) < 4.78 is 10.5. The van der Waals surface area contributed by atoms with Gasteiger partial charge in [0.25, 0.3) is 0 Å². The fourth-order valence-corrected chi connectivity index (χ4v) is 2.39. The smallest absolute Gasteiger partial charge is 0.404 e. The molecule has 106 valence electrons. The Balaban J connectivity index is 2.40. The van der Waals surface area contributed by atoms with Crippen molar-refractivity contribution in [3.8, 4) is 5.75 Å². The van der Waals surface area contributed by atoms with Crippen molar-refractivity contribution in [1.29, 1.82) is 0 Å². The van der Waals surface area contributed by atoms with Gasteiger partial charge in [-0.15, -0.1) is 0 Å². The molecule has 2 N–H and O–H groups in total.